The molecule has 112 valence electrons. The zero-order chi connectivity index (χ0) is 14.5. The third-order valence-corrected chi connectivity index (χ3v) is 5.58. The summed E-state index contributed by atoms with van der Waals surface area (Å²) in [6.07, 6.45) is 1.59. The largest absolute Gasteiger partial charge is 0.353 e. The van der Waals surface area contributed by atoms with E-state index in [9.17, 15) is 4.79 Å². The number of hydrogen-bond donors (Lipinski definition) is 2. The fourth-order valence-electron chi connectivity index (χ4n) is 1.81. The summed E-state index contributed by atoms with van der Waals surface area (Å²) in [5.41, 5.74) is 0. The van der Waals surface area contributed by atoms with Gasteiger partial charge < -0.3 is 5.32 Å². The minimum Gasteiger partial charge on any atom is -0.353 e. The van der Waals surface area contributed by atoms with Crippen LogP contribution in [0.1, 0.15) is 0 Å². The molecule has 0 aliphatic carbocycles. The van der Waals surface area contributed by atoms with Crippen molar-refractivity contribution in [3.8, 4) is 11.6 Å². The van der Waals surface area contributed by atoms with Gasteiger partial charge in [0, 0.05) is 23.8 Å². The molecule has 3 rings (SSSR count). The Hall–Kier alpha value is -1.62. The number of hydrogen-bond acceptors (Lipinski definition) is 8. The average Bonchev–Trinajstić information content (AvgIpc) is 3.19. The molecule has 2 N–H and O–H groups in total. The number of tetrazole rings is 1. The van der Waals surface area contributed by atoms with Gasteiger partial charge in [-0.25, -0.2) is 4.98 Å². The van der Waals surface area contributed by atoms with Gasteiger partial charge in [0.2, 0.25) is 17.6 Å². The molecule has 0 radical (unpaired) electrons. The van der Waals surface area contributed by atoms with E-state index in [1.165, 1.54) is 0 Å². The number of nitrogens with one attached hydrogen (secondary N) is 2. The third-order valence-electron chi connectivity index (χ3n) is 2.83. The molecule has 1 amide bonds. The molecule has 2 aromatic heterocycles. The lowest BCUT2D eigenvalue weighted by Gasteiger charge is -2.20. The zero-order valence-electron chi connectivity index (χ0n) is 11.1. The van der Waals surface area contributed by atoms with E-state index in [4.69, 9.17) is 0 Å². The van der Waals surface area contributed by atoms with E-state index >= 15 is 0 Å². The summed E-state index contributed by atoms with van der Waals surface area (Å²) in [7, 11) is 0. The molecule has 1 saturated heterocycles. The second-order valence-corrected chi connectivity index (χ2v) is 6.75. The molecular formula is C10H14N8OS2. The Kier molecular flexibility index (Phi) is 4.70. The minimum atomic E-state index is 0.0642. The summed E-state index contributed by atoms with van der Waals surface area (Å²) in [4.78, 5) is 16.1. The summed E-state index contributed by atoms with van der Waals surface area (Å²) in [6, 6.07) is 0. The normalized spacial score (nSPS) is 18.6. The van der Waals surface area contributed by atoms with Gasteiger partial charge in [-0.05, 0) is 5.21 Å². The first-order valence-corrected chi connectivity index (χ1v) is 8.63. The van der Waals surface area contributed by atoms with Crippen LogP contribution in [0.2, 0.25) is 0 Å². The number of nitrogens with zero attached hydrogens (tertiary/aromatic N) is 6. The van der Waals surface area contributed by atoms with Crippen LogP contribution in [0, 0.1) is 0 Å². The lowest BCUT2D eigenvalue weighted by Crippen LogP contribution is -2.37. The quantitative estimate of drug-likeness (QED) is 0.750. The zero-order valence-corrected chi connectivity index (χ0v) is 12.7. The van der Waals surface area contributed by atoms with Crippen LogP contribution in [0.25, 0.3) is 11.6 Å². The van der Waals surface area contributed by atoms with Gasteiger partial charge in [-0.3, -0.25) is 9.48 Å². The highest BCUT2D eigenvalue weighted by Crippen LogP contribution is 2.23. The van der Waals surface area contributed by atoms with Crippen LogP contribution in [-0.2, 0) is 11.3 Å². The van der Waals surface area contributed by atoms with Crippen LogP contribution in [-0.4, -0.2) is 70.3 Å². The molecule has 0 aromatic carbocycles. The third kappa shape index (κ3) is 3.73. The van der Waals surface area contributed by atoms with Crippen molar-refractivity contribution in [2.45, 2.75) is 11.8 Å². The van der Waals surface area contributed by atoms with Crippen LogP contribution < -0.4 is 5.32 Å². The van der Waals surface area contributed by atoms with E-state index in [1.807, 2.05) is 11.8 Å². The standard InChI is InChI=1S/C10H14N8OS2/c19-10(7-5-20-3-4-21-7)11-1-2-18-6-12-8(15-18)9-13-16-17-14-9/h6-7H,1-5H2,(H,11,19)(H,13,14,16,17). The number of carbonyl (C=O) groups is 1. The maximum Gasteiger partial charge on any atom is 0.243 e. The monoisotopic (exact) mass is 326 g/mol. The summed E-state index contributed by atoms with van der Waals surface area (Å²) < 4.78 is 1.65. The van der Waals surface area contributed by atoms with Gasteiger partial charge in [0.1, 0.15) is 6.33 Å². The number of rotatable bonds is 5. The Morgan fingerprint density at radius 3 is 3.19 bits per heavy atom. The molecule has 9 nitrogen and oxygen atoms in total. The van der Waals surface area contributed by atoms with Gasteiger partial charge >= 0.3 is 0 Å². The maximum atomic E-state index is 12.0. The first-order valence-electron chi connectivity index (χ1n) is 6.43. The van der Waals surface area contributed by atoms with Crippen molar-refractivity contribution >= 4 is 29.4 Å². The lowest BCUT2D eigenvalue weighted by molar-refractivity contribution is -0.120. The fraction of sp³-hybridized carbons (Fsp3) is 0.600. The van der Waals surface area contributed by atoms with Crippen LogP contribution in [0.3, 0.4) is 0 Å². The van der Waals surface area contributed by atoms with Gasteiger partial charge in [0.25, 0.3) is 0 Å². The van der Waals surface area contributed by atoms with Crippen LogP contribution >= 0.6 is 23.5 Å². The van der Waals surface area contributed by atoms with Crippen molar-refractivity contribution in [1.29, 1.82) is 0 Å². The van der Waals surface area contributed by atoms with Crippen molar-refractivity contribution in [2.24, 2.45) is 0 Å². The van der Waals surface area contributed by atoms with E-state index < -0.39 is 0 Å². The van der Waals surface area contributed by atoms with Gasteiger partial charge in [0.05, 0.1) is 11.8 Å². The van der Waals surface area contributed by atoms with Crippen molar-refractivity contribution in [3.63, 3.8) is 0 Å². The molecule has 1 atom stereocenters. The topological polar surface area (TPSA) is 114 Å². The molecule has 0 saturated carbocycles. The molecule has 21 heavy (non-hydrogen) atoms. The molecule has 11 heteroatoms. The Morgan fingerprint density at radius 2 is 2.43 bits per heavy atom. The SMILES string of the molecule is O=C(NCCn1cnc(-c2nn[nH]n2)n1)C1CSCCS1. The maximum absolute atomic E-state index is 12.0. The highest BCUT2D eigenvalue weighted by Gasteiger charge is 2.21. The molecule has 1 fully saturated rings. The highest BCUT2D eigenvalue weighted by molar-refractivity contribution is 8.07. The van der Waals surface area contributed by atoms with Crippen molar-refractivity contribution in [1.82, 2.24) is 40.7 Å². The summed E-state index contributed by atoms with van der Waals surface area (Å²) >= 11 is 3.56. The number of thioether (sulfide) groups is 2. The number of carbonyl (C=O) groups excluding carboxylic acids is 1. The molecule has 0 bridgehead atoms. The minimum absolute atomic E-state index is 0.0642. The summed E-state index contributed by atoms with van der Waals surface area (Å²) in [6.45, 7) is 1.08. The molecule has 0 spiro atoms. The van der Waals surface area contributed by atoms with Gasteiger partial charge in [0.15, 0.2) is 0 Å². The second kappa shape index (κ2) is 6.89. The van der Waals surface area contributed by atoms with Crippen molar-refractivity contribution < 1.29 is 4.79 Å². The smallest absolute Gasteiger partial charge is 0.243 e. The molecule has 3 heterocycles. The van der Waals surface area contributed by atoms with E-state index in [1.54, 1.807) is 22.8 Å². The van der Waals surface area contributed by atoms with Crippen LogP contribution in [0.5, 0.6) is 0 Å². The fourth-order valence-corrected chi connectivity index (χ4v) is 4.39. The highest BCUT2D eigenvalue weighted by atomic mass is 32.2. The van der Waals surface area contributed by atoms with Gasteiger partial charge in [-0.2, -0.15) is 17.0 Å². The first-order chi connectivity index (χ1) is 10.3. The Balaban J connectivity index is 1.46. The van der Waals surface area contributed by atoms with Gasteiger partial charge in [-0.15, -0.1) is 27.1 Å². The number of aromatic amines is 1. The Morgan fingerprint density at radius 1 is 1.48 bits per heavy atom. The Bertz CT molecular complexity index is 580. The lowest BCUT2D eigenvalue weighted by atomic mass is 10.4. The predicted molar refractivity (Wildman–Crippen MR) is 79.8 cm³/mol. The van der Waals surface area contributed by atoms with E-state index in [-0.39, 0.29) is 11.2 Å². The second-order valence-electron chi connectivity index (χ2n) is 4.29. The predicted octanol–water partition coefficient (Wildman–Crippen LogP) is -0.577. The summed E-state index contributed by atoms with van der Waals surface area (Å²) in [5, 5.41) is 20.6. The number of aromatic nitrogens is 7. The van der Waals surface area contributed by atoms with E-state index in [2.05, 4.69) is 36.0 Å². The van der Waals surface area contributed by atoms with E-state index in [0.29, 0.717) is 24.7 Å². The first kappa shape index (κ1) is 14.3. The van der Waals surface area contributed by atoms with Crippen molar-refractivity contribution in [3.05, 3.63) is 6.33 Å². The average molecular weight is 326 g/mol. The molecular weight excluding hydrogens is 312 g/mol. The van der Waals surface area contributed by atoms with Crippen molar-refractivity contribution in [2.75, 3.05) is 23.8 Å². The molecule has 1 aliphatic heterocycles. The number of H-pyrrole nitrogens is 1. The Labute approximate surface area is 129 Å². The number of amides is 1. The van der Waals surface area contributed by atoms with Gasteiger partial charge in [-0.1, -0.05) is 0 Å². The van der Waals surface area contributed by atoms with Crippen LogP contribution in [0.4, 0.5) is 0 Å². The summed E-state index contributed by atoms with van der Waals surface area (Å²) in [5.74, 6) is 3.93. The van der Waals surface area contributed by atoms with Crippen LogP contribution in [0.15, 0.2) is 6.33 Å². The van der Waals surface area contributed by atoms with E-state index in [0.717, 1.165) is 17.3 Å². The molecule has 1 aliphatic rings. The molecule has 1 unspecified atom stereocenters. The molecule has 2 aromatic rings.